The van der Waals surface area contributed by atoms with Crippen LogP contribution < -0.4 is 10.9 Å². The highest BCUT2D eigenvalue weighted by Crippen LogP contribution is 2.31. The van der Waals surface area contributed by atoms with Gasteiger partial charge in [-0.15, -0.1) is 11.3 Å². The largest absolute Gasteiger partial charge is 0.462 e. The third kappa shape index (κ3) is 3.91. The lowest BCUT2D eigenvalue weighted by molar-refractivity contribution is -0.116. The van der Waals surface area contributed by atoms with E-state index in [0.717, 1.165) is 21.5 Å². The lowest BCUT2D eigenvalue weighted by Crippen LogP contribution is -2.28. The van der Waals surface area contributed by atoms with Crippen molar-refractivity contribution in [2.45, 2.75) is 27.3 Å². The van der Waals surface area contributed by atoms with Crippen molar-refractivity contribution in [2.24, 2.45) is 0 Å². The fraction of sp³-hybridized carbons (Fsp3) is 0.227. The average molecular weight is 436 g/mol. The number of nitrogens with one attached hydrogen (secondary N) is 1. The van der Waals surface area contributed by atoms with Gasteiger partial charge >= 0.3 is 5.97 Å². The van der Waals surface area contributed by atoms with Crippen molar-refractivity contribution in [3.05, 3.63) is 63.8 Å². The molecule has 1 aromatic carbocycles. The van der Waals surface area contributed by atoms with E-state index in [1.165, 1.54) is 22.2 Å². The number of ether oxygens (including phenoxy) is 1. The maximum absolute atomic E-state index is 13.0. The molecule has 158 valence electrons. The van der Waals surface area contributed by atoms with E-state index in [-0.39, 0.29) is 24.3 Å². The Morgan fingerprint density at radius 3 is 2.77 bits per heavy atom. The van der Waals surface area contributed by atoms with E-state index < -0.39 is 11.9 Å². The van der Waals surface area contributed by atoms with E-state index in [1.807, 2.05) is 19.9 Å². The number of thiophene rings is 1. The molecule has 8 nitrogen and oxygen atoms in total. The summed E-state index contributed by atoms with van der Waals surface area (Å²) in [6.07, 6.45) is 1.37. The predicted molar refractivity (Wildman–Crippen MR) is 120 cm³/mol. The molecule has 0 radical (unpaired) electrons. The summed E-state index contributed by atoms with van der Waals surface area (Å²) in [5.74, 6) is -0.978. The maximum Gasteiger partial charge on any atom is 0.340 e. The van der Waals surface area contributed by atoms with Crippen LogP contribution in [0.2, 0.25) is 0 Å². The number of carbonyl (C=O) groups is 2. The number of anilines is 1. The molecule has 3 heterocycles. The van der Waals surface area contributed by atoms with Crippen molar-refractivity contribution < 1.29 is 14.3 Å². The van der Waals surface area contributed by atoms with E-state index in [2.05, 4.69) is 15.3 Å². The molecule has 3 aromatic heterocycles. The molecule has 0 atom stereocenters. The Labute approximate surface area is 181 Å². The summed E-state index contributed by atoms with van der Waals surface area (Å²) in [5, 5.41) is 3.54. The van der Waals surface area contributed by atoms with E-state index in [9.17, 15) is 14.4 Å². The highest BCUT2D eigenvalue weighted by Gasteiger charge is 2.17. The fourth-order valence-corrected chi connectivity index (χ4v) is 4.64. The van der Waals surface area contributed by atoms with Gasteiger partial charge in [-0.25, -0.2) is 14.8 Å². The number of carbonyl (C=O) groups excluding carboxylic acids is 2. The Balaban J connectivity index is 1.64. The summed E-state index contributed by atoms with van der Waals surface area (Å²) < 4.78 is 6.73. The van der Waals surface area contributed by atoms with Crippen LogP contribution in [-0.2, 0) is 16.1 Å². The molecule has 1 amide bonds. The SMILES string of the molecule is CCOC(=O)c1ccccc1NC(=O)Cn1cnc2c(sc3nc(C)cc(C)c32)c1=O. The van der Waals surface area contributed by atoms with Crippen molar-refractivity contribution in [1.82, 2.24) is 14.5 Å². The number of amides is 1. The van der Waals surface area contributed by atoms with Crippen LogP contribution in [0.15, 0.2) is 41.5 Å². The number of aryl methyl sites for hydroxylation is 2. The highest BCUT2D eigenvalue weighted by atomic mass is 32.1. The summed E-state index contributed by atoms with van der Waals surface area (Å²) in [4.78, 5) is 47.4. The standard InChI is InChI=1S/C22H20N4O4S/c1-4-30-22(29)14-7-5-6-8-15(14)25-16(27)10-26-11-23-18-17-12(2)9-13(3)24-20(17)31-19(18)21(26)28/h5-9,11H,4,10H2,1-3H3,(H,25,27). The van der Waals surface area contributed by atoms with Crippen LogP contribution in [0.1, 0.15) is 28.5 Å². The van der Waals surface area contributed by atoms with E-state index in [0.29, 0.717) is 15.9 Å². The van der Waals surface area contributed by atoms with Crippen molar-refractivity contribution >= 4 is 49.3 Å². The van der Waals surface area contributed by atoms with Crippen LogP contribution in [-0.4, -0.2) is 33.0 Å². The second kappa shape index (κ2) is 8.27. The van der Waals surface area contributed by atoms with Gasteiger partial charge in [0.2, 0.25) is 5.91 Å². The summed E-state index contributed by atoms with van der Waals surface area (Å²) in [7, 11) is 0. The van der Waals surface area contributed by atoms with Crippen LogP contribution in [0.4, 0.5) is 5.69 Å². The van der Waals surface area contributed by atoms with Crippen molar-refractivity contribution in [1.29, 1.82) is 0 Å². The van der Waals surface area contributed by atoms with Gasteiger partial charge in [0, 0.05) is 11.1 Å². The van der Waals surface area contributed by atoms with Gasteiger partial charge in [-0.05, 0) is 44.5 Å². The Morgan fingerprint density at radius 2 is 2.00 bits per heavy atom. The van der Waals surface area contributed by atoms with Crippen molar-refractivity contribution in [3.8, 4) is 0 Å². The van der Waals surface area contributed by atoms with Crippen LogP contribution in [0.5, 0.6) is 0 Å². The molecule has 0 fully saturated rings. The summed E-state index contributed by atoms with van der Waals surface area (Å²) >= 11 is 1.27. The van der Waals surface area contributed by atoms with Gasteiger partial charge in [0.05, 0.1) is 29.7 Å². The lowest BCUT2D eigenvalue weighted by Gasteiger charge is -2.11. The number of hydrogen-bond acceptors (Lipinski definition) is 7. The summed E-state index contributed by atoms with van der Waals surface area (Å²) in [6, 6.07) is 8.52. The fourth-order valence-electron chi connectivity index (χ4n) is 3.44. The zero-order chi connectivity index (χ0) is 22.1. The first-order valence-electron chi connectivity index (χ1n) is 9.71. The molecule has 0 unspecified atom stereocenters. The van der Waals surface area contributed by atoms with Gasteiger partial charge in [-0.3, -0.25) is 14.2 Å². The predicted octanol–water partition coefficient (Wildman–Crippen LogP) is 3.44. The lowest BCUT2D eigenvalue weighted by atomic mass is 10.1. The summed E-state index contributed by atoms with van der Waals surface area (Å²) in [6.45, 7) is 5.57. The molecule has 0 aliphatic heterocycles. The number of pyridine rings is 1. The number of aromatic nitrogens is 3. The Bertz CT molecular complexity index is 1390. The van der Waals surface area contributed by atoms with Gasteiger partial charge in [-0.2, -0.15) is 0 Å². The van der Waals surface area contributed by atoms with Gasteiger partial charge in [-0.1, -0.05) is 12.1 Å². The molecule has 4 aromatic rings. The molecular weight excluding hydrogens is 416 g/mol. The Kier molecular flexibility index (Phi) is 5.51. The minimum atomic E-state index is -0.526. The Morgan fingerprint density at radius 1 is 1.23 bits per heavy atom. The normalized spacial score (nSPS) is 11.1. The third-order valence-corrected chi connectivity index (χ3v) is 5.81. The molecular formula is C22H20N4O4S. The molecule has 31 heavy (non-hydrogen) atoms. The maximum atomic E-state index is 13.0. The topological polar surface area (TPSA) is 103 Å². The minimum Gasteiger partial charge on any atom is -0.462 e. The third-order valence-electron chi connectivity index (χ3n) is 4.75. The quantitative estimate of drug-likeness (QED) is 0.481. The first-order chi connectivity index (χ1) is 14.9. The van der Waals surface area contributed by atoms with Crippen molar-refractivity contribution in [3.63, 3.8) is 0 Å². The number of hydrogen-bond donors (Lipinski definition) is 1. The number of nitrogens with zero attached hydrogens (tertiary/aromatic N) is 3. The molecule has 0 bridgehead atoms. The van der Waals surface area contributed by atoms with Crippen LogP contribution in [0.25, 0.3) is 20.4 Å². The molecule has 4 rings (SSSR count). The van der Waals surface area contributed by atoms with Gasteiger partial charge in [0.1, 0.15) is 16.1 Å². The second-order valence-electron chi connectivity index (χ2n) is 7.03. The second-order valence-corrected chi connectivity index (χ2v) is 8.03. The molecule has 9 heteroatoms. The first-order valence-corrected chi connectivity index (χ1v) is 10.5. The van der Waals surface area contributed by atoms with Crippen molar-refractivity contribution in [2.75, 3.05) is 11.9 Å². The molecule has 0 saturated heterocycles. The zero-order valence-electron chi connectivity index (χ0n) is 17.3. The first kappa shape index (κ1) is 20.7. The smallest absolute Gasteiger partial charge is 0.340 e. The number of para-hydroxylation sites is 1. The van der Waals surface area contributed by atoms with Crippen LogP contribution in [0.3, 0.4) is 0 Å². The summed E-state index contributed by atoms with van der Waals surface area (Å²) in [5.41, 5.74) is 2.74. The minimum absolute atomic E-state index is 0.227. The van der Waals surface area contributed by atoms with Crippen LogP contribution in [0, 0.1) is 13.8 Å². The Hall–Kier alpha value is -3.59. The van der Waals surface area contributed by atoms with Gasteiger partial charge in [0.25, 0.3) is 5.56 Å². The van der Waals surface area contributed by atoms with Gasteiger partial charge in [0.15, 0.2) is 0 Å². The zero-order valence-corrected chi connectivity index (χ0v) is 18.1. The number of fused-ring (bicyclic) bond motifs is 3. The number of benzene rings is 1. The van der Waals surface area contributed by atoms with Gasteiger partial charge < -0.3 is 10.1 Å². The molecule has 0 spiro atoms. The molecule has 1 N–H and O–H groups in total. The van der Waals surface area contributed by atoms with E-state index >= 15 is 0 Å². The van der Waals surface area contributed by atoms with E-state index in [1.54, 1.807) is 31.2 Å². The number of esters is 1. The number of rotatable bonds is 5. The average Bonchev–Trinajstić information content (AvgIpc) is 3.10. The monoisotopic (exact) mass is 436 g/mol. The molecule has 0 aliphatic carbocycles. The highest BCUT2D eigenvalue weighted by molar-refractivity contribution is 7.25. The molecule has 0 saturated carbocycles. The molecule has 0 aliphatic rings. The van der Waals surface area contributed by atoms with E-state index in [4.69, 9.17) is 4.74 Å². The van der Waals surface area contributed by atoms with Crippen LogP contribution >= 0.6 is 11.3 Å².